The van der Waals surface area contributed by atoms with Gasteiger partial charge in [-0.25, -0.2) is 9.97 Å². The molecule has 0 spiro atoms. The van der Waals surface area contributed by atoms with Gasteiger partial charge in [0.15, 0.2) is 0 Å². The van der Waals surface area contributed by atoms with E-state index < -0.39 is 0 Å². The summed E-state index contributed by atoms with van der Waals surface area (Å²) in [5.41, 5.74) is 0. The van der Waals surface area contributed by atoms with E-state index in [2.05, 4.69) is 34.0 Å². The molecule has 5 nitrogen and oxygen atoms in total. The number of aromatic nitrogens is 2. The molecular formula is C13H22N4O. The molecule has 1 saturated heterocycles. The Morgan fingerprint density at radius 2 is 2.33 bits per heavy atom. The van der Waals surface area contributed by atoms with Crippen molar-refractivity contribution in [3.05, 3.63) is 12.4 Å². The van der Waals surface area contributed by atoms with Gasteiger partial charge in [0.25, 0.3) is 0 Å². The molecule has 1 aliphatic rings. The minimum atomic E-state index is 0.288. The van der Waals surface area contributed by atoms with Gasteiger partial charge < -0.3 is 15.0 Å². The van der Waals surface area contributed by atoms with Crippen LogP contribution in [0, 0.1) is 5.92 Å². The van der Waals surface area contributed by atoms with Crippen LogP contribution in [0.3, 0.4) is 0 Å². The molecule has 1 aliphatic heterocycles. The lowest BCUT2D eigenvalue weighted by Gasteiger charge is -2.36. The largest absolute Gasteiger partial charge is 0.379 e. The quantitative estimate of drug-likeness (QED) is 0.882. The minimum Gasteiger partial charge on any atom is -0.379 e. The summed E-state index contributed by atoms with van der Waals surface area (Å²) in [5.74, 6) is 2.48. The molecule has 1 N–H and O–H groups in total. The second-order valence-corrected chi connectivity index (χ2v) is 4.78. The molecule has 0 aliphatic carbocycles. The van der Waals surface area contributed by atoms with Crippen molar-refractivity contribution in [2.75, 3.05) is 37.0 Å². The highest BCUT2D eigenvalue weighted by Gasteiger charge is 2.26. The summed E-state index contributed by atoms with van der Waals surface area (Å²) < 4.78 is 5.53. The lowest BCUT2D eigenvalue weighted by Crippen LogP contribution is -2.44. The fraction of sp³-hybridized carbons (Fsp3) is 0.692. The first-order valence-electron chi connectivity index (χ1n) is 6.58. The molecule has 2 heterocycles. The summed E-state index contributed by atoms with van der Waals surface area (Å²) in [6.45, 7) is 7.11. The van der Waals surface area contributed by atoms with Crippen LogP contribution in [-0.4, -0.2) is 42.8 Å². The zero-order valence-electron chi connectivity index (χ0n) is 11.4. The average molecular weight is 250 g/mol. The fourth-order valence-electron chi connectivity index (χ4n) is 2.35. The summed E-state index contributed by atoms with van der Waals surface area (Å²) in [7, 11) is 1.79. The highest BCUT2D eigenvalue weighted by molar-refractivity contribution is 5.48. The number of methoxy groups -OCH3 is 1. The maximum Gasteiger partial charge on any atom is 0.134 e. The highest BCUT2D eigenvalue weighted by atomic mass is 16.5. The predicted molar refractivity (Wildman–Crippen MR) is 73.0 cm³/mol. The molecule has 2 atom stereocenters. The molecule has 2 unspecified atom stereocenters. The van der Waals surface area contributed by atoms with E-state index in [1.165, 1.54) is 0 Å². The number of hydrogen-bond donors (Lipinski definition) is 1. The smallest absolute Gasteiger partial charge is 0.134 e. The van der Waals surface area contributed by atoms with E-state index >= 15 is 0 Å². The van der Waals surface area contributed by atoms with Crippen LogP contribution < -0.4 is 10.2 Å². The molecule has 0 bridgehead atoms. The predicted octanol–water partition coefficient (Wildman–Crippen LogP) is 1.77. The van der Waals surface area contributed by atoms with E-state index in [1.54, 1.807) is 13.4 Å². The first kappa shape index (κ1) is 13.1. The summed E-state index contributed by atoms with van der Waals surface area (Å²) in [6.07, 6.45) is 3.04. The van der Waals surface area contributed by atoms with E-state index in [-0.39, 0.29) is 6.10 Å². The zero-order valence-corrected chi connectivity index (χ0v) is 11.4. The molecule has 1 fully saturated rings. The number of nitrogens with zero attached hydrogens (tertiary/aromatic N) is 3. The Balaban J connectivity index is 2.09. The van der Waals surface area contributed by atoms with Gasteiger partial charge in [-0.1, -0.05) is 6.92 Å². The molecule has 0 radical (unpaired) electrons. The normalized spacial score (nSPS) is 24.1. The number of ether oxygens (including phenoxy) is 1. The van der Waals surface area contributed by atoms with Crippen LogP contribution in [0.15, 0.2) is 12.4 Å². The van der Waals surface area contributed by atoms with E-state index in [9.17, 15) is 0 Å². The topological polar surface area (TPSA) is 50.3 Å². The van der Waals surface area contributed by atoms with Gasteiger partial charge in [-0.2, -0.15) is 0 Å². The van der Waals surface area contributed by atoms with Crippen LogP contribution in [0.1, 0.15) is 20.3 Å². The second kappa shape index (κ2) is 6.00. The van der Waals surface area contributed by atoms with Crippen LogP contribution in [0.4, 0.5) is 11.6 Å². The van der Waals surface area contributed by atoms with E-state index in [0.717, 1.165) is 37.7 Å². The molecule has 2 rings (SSSR count). The molecular weight excluding hydrogens is 228 g/mol. The van der Waals surface area contributed by atoms with Crippen LogP contribution in [0.2, 0.25) is 0 Å². The lowest BCUT2D eigenvalue weighted by atomic mass is 9.96. The van der Waals surface area contributed by atoms with Crippen molar-refractivity contribution in [1.82, 2.24) is 9.97 Å². The molecule has 0 saturated carbocycles. The van der Waals surface area contributed by atoms with Crippen molar-refractivity contribution in [3.63, 3.8) is 0 Å². The number of hydrogen-bond acceptors (Lipinski definition) is 5. The number of piperidine rings is 1. The van der Waals surface area contributed by atoms with Crippen LogP contribution >= 0.6 is 0 Å². The first-order valence-corrected chi connectivity index (χ1v) is 6.58. The van der Waals surface area contributed by atoms with E-state index in [0.29, 0.717) is 5.92 Å². The van der Waals surface area contributed by atoms with Gasteiger partial charge in [0.2, 0.25) is 0 Å². The van der Waals surface area contributed by atoms with Gasteiger partial charge in [-0.3, -0.25) is 0 Å². The molecule has 5 heteroatoms. The van der Waals surface area contributed by atoms with Crippen molar-refractivity contribution in [1.29, 1.82) is 0 Å². The Bertz CT molecular complexity index is 385. The summed E-state index contributed by atoms with van der Waals surface area (Å²) in [4.78, 5) is 10.8. The third kappa shape index (κ3) is 2.90. The minimum absolute atomic E-state index is 0.288. The monoisotopic (exact) mass is 250 g/mol. The van der Waals surface area contributed by atoms with E-state index in [4.69, 9.17) is 4.74 Å². The van der Waals surface area contributed by atoms with Gasteiger partial charge in [0, 0.05) is 32.8 Å². The fourth-order valence-corrected chi connectivity index (χ4v) is 2.35. The average Bonchev–Trinajstić information content (AvgIpc) is 2.40. The van der Waals surface area contributed by atoms with Crippen molar-refractivity contribution in [3.8, 4) is 0 Å². The molecule has 100 valence electrons. The van der Waals surface area contributed by atoms with Crippen molar-refractivity contribution >= 4 is 11.6 Å². The summed E-state index contributed by atoms with van der Waals surface area (Å²) >= 11 is 0. The zero-order chi connectivity index (χ0) is 13.0. The highest BCUT2D eigenvalue weighted by Crippen LogP contribution is 2.24. The Kier molecular flexibility index (Phi) is 4.36. The lowest BCUT2D eigenvalue weighted by molar-refractivity contribution is 0.0496. The summed E-state index contributed by atoms with van der Waals surface area (Å²) in [6, 6.07) is 2.01. The number of anilines is 2. The van der Waals surface area contributed by atoms with Gasteiger partial charge in [0.05, 0.1) is 6.10 Å². The van der Waals surface area contributed by atoms with Crippen LogP contribution in [0.5, 0.6) is 0 Å². The molecule has 0 aromatic carbocycles. The Labute approximate surface area is 109 Å². The number of rotatable bonds is 4. The van der Waals surface area contributed by atoms with Gasteiger partial charge in [0.1, 0.15) is 18.0 Å². The first-order chi connectivity index (χ1) is 8.74. The van der Waals surface area contributed by atoms with Crippen LogP contribution in [0.25, 0.3) is 0 Å². The standard InChI is InChI=1S/C13H22N4O/c1-4-14-12-7-13(16-9-15-12)17-6-5-10(2)11(8-17)18-3/h7,9-11H,4-6,8H2,1-3H3,(H,14,15,16). The van der Waals surface area contributed by atoms with Gasteiger partial charge in [-0.05, 0) is 19.3 Å². The molecule has 18 heavy (non-hydrogen) atoms. The molecule has 1 aromatic rings. The summed E-state index contributed by atoms with van der Waals surface area (Å²) in [5, 5.41) is 3.21. The third-order valence-electron chi connectivity index (χ3n) is 3.53. The van der Waals surface area contributed by atoms with Gasteiger partial charge >= 0.3 is 0 Å². The molecule has 1 aromatic heterocycles. The molecule has 0 amide bonds. The van der Waals surface area contributed by atoms with Crippen molar-refractivity contribution in [2.45, 2.75) is 26.4 Å². The third-order valence-corrected chi connectivity index (χ3v) is 3.53. The van der Waals surface area contributed by atoms with Crippen molar-refractivity contribution in [2.24, 2.45) is 5.92 Å². The maximum atomic E-state index is 5.53. The maximum absolute atomic E-state index is 5.53. The van der Waals surface area contributed by atoms with Crippen molar-refractivity contribution < 1.29 is 4.74 Å². The Morgan fingerprint density at radius 1 is 1.50 bits per heavy atom. The van der Waals surface area contributed by atoms with Gasteiger partial charge in [-0.15, -0.1) is 0 Å². The SMILES string of the molecule is CCNc1cc(N2CCC(C)C(OC)C2)ncn1. The Hall–Kier alpha value is -1.36. The van der Waals surface area contributed by atoms with Crippen LogP contribution in [-0.2, 0) is 4.74 Å². The van der Waals surface area contributed by atoms with E-state index in [1.807, 2.05) is 6.07 Å². The second-order valence-electron chi connectivity index (χ2n) is 4.78. The number of nitrogens with one attached hydrogen (secondary N) is 1. The Morgan fingerprint density at radius 3 is 3.06 bits per heavy atom.